The van der Waals surface area contributed by atoms with E-state index in [1.165, 1.54) is 24.4 Å². The molecule has 1 aliphatic heterocycles. The fourth-order valence-corrected chi connectivity index (χ4v) is 2.97. The Morgan fingerprint density at radius 1 is 1.31 bits per heavy atom. The molecule has 1 saturated heterocycles. The van der Waals surface area contributed by atoms with Crippen LogP contribution in [-0.4, -0.2) is 29.0 Å². The summed E-state index contributed by atoms with van der Waals surface area (Å²) >= 11 is 0. The van der Waals surface area contributed by atoms with E-state index in [0.717, 1.165) is 38.1 Å². The molecule has 0 radical (unpaired) electrons. The summed E-state index contributed by atoms with van der Waals surface area (Å²) in [7, 11) is 0. The highest BCUT2D eigenvalue weighted by molar-refractivity contribution is 6.03. The van der Waals surface area contributed by atoms with E-state index in [9.17, 15) is 18.0 Å². The van der Waals surface area contributed by atoms with Crippen molar-refractivity contribution in [2.75, 3.05) is 23.3 Å². The zero-order valence-electron chi connectivity index (χ0n) is 14.3. The highest BCUT2D eigenvalue weighted by atomic mass is 19.4. The molecule has 8 heteroatoms. The Hall–Kier alpha value is -2.64. The Morgan fingerprint density at radius 3 is 2.85 bits per heavy atom. The van der Waals surface area contributed by atoms with Crippen LogP contribution in [0.15, 0.2) is 36.5 Å². The second kappa shape index (κ2) is 7.31. The lowest BCUT2D eigenvalue weighted by molar-refractivity contribution is -0.137. The third-order valence-corrected chi connectivity index (χ3v) is 4.26. The molecule has 1 aliphatic rings. The Labute approximate surface area is 149 Å². The maximum atomic E-state index is 12.8. The summed E-state index contributed by atoms with van der Waals surface area (Å²) in [4.78, 5) is 22.9. The second-order valence-electron chi connectivity index (χ2n) is 6.47. The van der Waals surface area contributed by atoms with Gasteiger partial charge in [-0.2, -0.15) is 13.2 Å². The number of amides is 1. The van der Waals surface area contributed by atoms with Crippen molar-refractivity contribution in [2.24, 2.45) is 5.92 Å². The molecule has 0 saturated carbocycles. The van der Waals surface area contributed by atoms with E-state index in [1.54, 1.807) is 0 Å². The number of carbonyl (C=O) groups excluding carboxylic acids is 1. The van der Waals surface area contributed by atoms with Crippen LogP contribution in [0, 0.1) is 5.92 Å². The fraction of sp³-hybridized carbons (Fsp3) is 0.389. The molecule has 5 nitrogen and oxygen atoms in total. The van der Waals surface area contributed by atoms with E-state index in [1.807, 2.05) is 4.90 Å². The van der Waals surface area contributed by atoms with Crippen LogP contribution < -0.4 is 10.2 Å². The van der Waals surface area contributed by atoms with E-state index in [-0.39, 0.29) is 11.4 Å². The summed E-state index contributed by atoms with van der Waals surface area (Å²) in [6, 6.07) is 5.95. The van der Waals surface area contributed by atoms with Crippen molar-refractivity contribution in [1.29, 1.82) is 0 Å². The van der Waals surface area contributed by atoms with Crippen molar-refractivity contribution in [3.05, 3.63) is 47.8 Å². The first kappa shape index (κ1) is 18.2. The van der Waals surface area contributed by atoms with Gasteiger partial charge in [-0.05, 0) is 43.0 Å². The van der Waals surface area contributed by atoms with Gasteiger partial charge < -0.3 is 10.2 Å². The van der Waals surface area contributed by atoms with Crippen molar-refractivity contribution in [3.8, 4) is 0 Å². The fourth-order valence-electron chi connectivity index (χ4n) is 2.97. The van der Waals surface area contributed by atoms with Crippen LogP contribution in [0.1, 0.15) is 35.8 Å². The predicted octanol–water partition coefficient (Wildman–Crippen LogP) is 3.98. The molecular weight excluding hydrogens is 345 g/mol. The summed E-state index contributed by atoms with van der Waals surface area (Å²) < 4.78 is 38.3. The lowest BCUT2D eigenvalue weighted by Gasteiger charge is -2.30. The lowest BCUT2D eigenvalue weighted by Crippen LogP contribution is -2.35. The van der Waals surface area contributed by atoms with Gasteiger partial charge in [-0.3, -0.25) is 4.79 Å². The van der Waals surface area contributed by atoms with Gasteiger partial charge in [0.15, 0.2) is 0 Å². The molecule has 0 spiro atoms. The molecule has 1 aromatic heterocycles. The van der Waals surface area contributed by atoms with E-state index < -0.39 is 17.6 Å². The number of aromatic nitrogens is 2. The number of benzene rings is 1. The molecule has 26 heavy (non-hydrogen) atoms. The van der Waals surface area contributed by atoms with Crippen LogP contribution in [-0.2, 0) is 6.18 Å². The number of halogens is 3. The molecule has 1 amide bonds. The topological polar surface area (TPSA) is 58.1 Å². The van der Waals surface area contributed by atoms with Crippen molar-refractivity contribution in [1.82, 2.24) is 9.97 Å². The van der Waals surface area contributed by atoms with Gasteiger partial charge in [-0.25, -0.2) is 9.97 Å². The van der Waals surface area contributed by atoms with Gasteiger partial charge in [0.2, 0.25) is 5.95 Å². The number of anilines is 2. The van der Waals surface area contributed by atoms with Crippen molar-refractivity contribution in [3.63, 3.8) is 0 Å². The first-order valence-corrected chi connectivity index (χ1v) is 8.39. The zero-order valence-corrected chi connectivity index (χ0v) is 14.3. The Morgan fingerprint density at radius 2 is 2.12 bits per heavy atom. The molecule has 1 N–H and O–H groups in total. The maximum Gasteiger partial charge on any atom is 0.416 e. The number of hydrogen-bond donors (Lipinski definition) is 1. The third-order valence-electron chi connectivity index (χ3n) is 4.26. The molecule has 1 unspecified atom stereocenters. The number of nitrogens with zero attached hydrogens (tertiary/aromatic N) is 3. The van der Waals surface area contributed by atoms with Gasteiger partial charge in [0.1, 0.15) is 5.69 Å². The molecule has 0 aliphatic carbocycles. The summed E-state index contributed by atoms with van der Waals surface area (Å²) in [5, 5.41) is 2.46. The highest BCUT2D eigenvalue weighted by Gasteiger charge is 2.30. The molecule has 1 fully saturated rings. The normalized spacial score (nSPS) is 17.8. The second-order valence-corrected chi connectivity index (χ2v) is 6.47. The standard InChI is InChI=1S/C18H19F3N4O/c1-12-4-3-9-25(11-12)17-22-8-7-15(24-17)16(26)23-14-6-2-5-13(10-14)18(19,20)21/h2,5-8,10,12H,3-4,9,11H2,1H3,(H,23,26). The van der Waals surface area contributed by atoms with Gasteiger partial charge in [0.25, 0.3) is 5.91 Å². The number of carbonyl (C=O) groups is 1. The zero-order chi connectivity index (χ0) is 18.7. The van der Waals surface area contributed by atoms with Crippen LogP contribution in [0.3, 0.4) is 0 Å². The molecule has 2 heterocycles. The van der Waals surface area contributed by atoms with Crippen LogP contribution in [0.25, 0.3) is 0 Å². The van der Waals surface area contributed by atoms with E-state index in [2.05, 4.69) is 22.2 Å². The van der Waals surface area contributed by atoms with E-state index >= 15 is 0 Å². The van der Waals surface area contributed by atoms with Crippen molar-refractivity contribution >= 4 is 17.5 Å². The van der Waals surface area contributed by atoms with Crippen LogP contribution >= 0.6 is 0 Å². The quantitative estimate of drug-likeness (QED) is 0.895. The van der Waals surface area contributed by atoms with Gasteiger partial charge in [0.05, 0.1) is 5.56 Å². The molecule has 0 bridgehead atoms. The third kappa shape index (κ3) is 4.30. The average molecular weight is 364 g/mol. The van der Waals surface area contributed by atoms with Gasteiger partial charge in [-0.1, -0.05) is 13.0 Å². The van der Waals surface area contributed by atoms with Crippen molar-refractivity contribution < 1.29 is 18.0 Å². The first-order valence-electron chi connectivity index (χ1n) is 8.39. The Bertz CT molecular complexity index is 794. The van der Waals surface area contributed by atoms with E-state index in [0.29, 0.717) is 11.9 Å². The number of nitrogens with one attached hydrogen (secondary N) is 1. The summed E-state index contributed by atoms with van der Waals surface area (Å²) in [6.45, 7) is 3.79. The van der Waals surface area contributed by atoms with Gasteiger partial charge in [0, 0.05) is 25.0 Å². The number of piperidine rings is 1. The predicted molar refractivity (Wildman–Crippen MR) is 92.0 cm³/mol. The molecule has 3 rings (SSSR count). The molecular formula is C18H19F3N4O. The van der Waals surface area contributed by atoms with Crippen LogP contribution in [0.2, 0.25) is 0 Å². The van der Waals surface area contributed by atoms with Crippen LogP contribution in [0.4, 0.5) is 24.8 Å². The number of rotatable bonds is 3. The minimum Gasteiger partial charge on any atom is -0.341 e. The monoisotopic (exact) mass is 364 g/mol. The Balaban J connectivity index is 1.75. The van der Waals surface area contributed by atoms with E-state index in [4.69, 9.17) is 0 Å². The van der Waals surface area contributed by atoms with Crippen molar-refractivity contribution in [2.45, 2.75) is 25.9 Å². The lowest BCUT2D eigenvalue weighted by atomic mass is 10.0. The SMILES string of the molecule is CC1CCCN(c2nccc(C(=O)Nc3cccc(C(F)(F)F)c3)n2)C1. The number of hydrogen-bond acceptors (Lipinski definition) is 4. The smallest absolute Gasteiger partial charge is 0.341 e. The summed E-state index contributed by atoms with van der Waals surface area (Å²) in [5.41, 5.74) is -0.636. The van der Waals surface area contributed by atoms with Gasteiger partial charge in [-0.15, -0.1) is 0 Å². The summed E-state index contributed by atoms with van der Waals surface area (Å²) in [6.07, 6.45) is -0.798. The molecule has 1 atom stereocenters. The van der Waals surface area contributed by atoms with Gasteiger partial charge >= 0.3 is 6.18 Å². The maximum absolute atomic E-state index is 12.8. The number of alkyl halides is 3. The minimum atomic E-state index is -4.46. The highest BCUT2D eigenvalue weighted by Crippen LogP contribution is 2.30. The molecule has 2 aromatic rings. The molecule has 138 valence electrons. The minimum absolute atomic E-state index is 0.0663. The average Bonchev–Trinajstić information content (AvgIpc) is 2.61. The Kier molecular flexibility index (Phi) is 5.11. The summed E-state index contributed by atoms with van der Waals surface area (Å²) in [5.74, 6) is 0.418. The molecule has 1 aromatic carbocycles. The largest absolute Gasteiger partial charge is 0.416 e. The van der Waals surface area contributed by atoms with Crippen LogP contribution in [0.5, 0.6) is 0 Å². The first-order chi connectivity index (χ1) is 12.3.